The lowest BCUT2D eigenvalue weighted by molar-refractivity contribution is 0.0952. The second kappa shape index (κ2) is 7.26. The van der Waals surface area contributed by atoms with E-state index in [4.69, 9.17) is 4.74 Å². The lowest BCUT2D eigenvalue weighted by Crippen LogP contribution is -2.18. The van der Waals surface area contributed by atoms with Crippen LogP contribution in [0, 0.1) is 0 Å². The third-order valence-electron chi connectivity index (χ3n) is 3.12. The van der Waals surface area contributed by atoms with Gasteiger partial charge in [-0.25, -0.2) is 5.43 Å². The number of carbonyl (C=O) groups is 1. The standard InChI is InChI=1S/C16H18BrN3O2/c1-11(2)20-7-6-12(10-20)9-18-19-16(21)14-8-13(17)4-5-15(14)22-3/h4-11H,1-3H3,(H,19,21)/b18-9-. The number of carbonyl (C=O) groups excluding carboxylic acids is 1. The van der Waals surface area contributed by atoms with Crippen LogP contribution in [0.15, 0.2) is 46.2 Å². The predicted molar refractivity (Wildman–Crippen MR) is 90.6 cm³/mol. The summed E-state index contributed by atoms with van der Waals surface area (Å²) < 4.78 is 8.05. The topological polar surface area (TPSA) is 55.6 Å². The molecule has 1 N–H and O–H groups in total. The van der Waals surface area contributed by atoms with Gasteiger partial charge in [0.25, 0.3) is 5.91 Å². The summed E-state index contributed by atoms with van der Waals surface area (Å²) in [5.41, 5.74) is 3.86. The van der Waals surface area contributed by atoms with Crippen LogP contribution in [0.4, 0.5) is 0 Å². The van der Waals surface area contributed by atoms with Gasteiger partial charge in [-0.1, -0.05) is 15.9 Å². The molecule has 2 aromatic rings. The summed E-state index contributed by atoms with van der Waals surface area (Å²) in [5, 5.41) is 3.99. The van der Waals surface area contributed by atoms with Gasteiger partial charge in [-0.2, -0.15) is 5.10 Å². The van der Waals surface area contributed by atoms with Gasteiger partial charge in [0, 0.05) is 28.5 Å². The summed E-state index contributed by atoms with van der Waals surface area (Å²) in [6.45, 7) is 4.20. The fourth-order valence-electron chi connectivity index (χ4n) is 1.91. The Morgan fingerprint density at radius 2 is 2.18 bits per heavy atom. The Morgan fingerprint density at radius 3 is 2.82 bits per heavy atom. The van der Waals surface area contributed by atoms with Crippen molar-refractivity contribution in [3.8, 4) is 5.75 Å². The number of hydrogen-bond donors (Lipinski definition) is 1. The smallest absolute Gasteiger partial charge is 0.275 e. The molecule has 0 unspecified atom stereocenters. The van der Waals surface area contributed by atoms with Crippen molar-refractivity contribution >= 4 is 28.1 Å². The van der Waals surface area contributed by atoms with E-state index >= 15 is 0 Å². The van der Waals surface area contributed by atoms with E-state index in [-0.39, 0.29) is 5.91 Å². The van der Waals surface area contributed by atoms with Gasteiger partial charge >= 0.3 is 0 Å². The zero-order chi connectivity index (χ0) is 16.1. The molecule has 0 atom stereocenters. The van der Waals surface area contributed by atoms with Gasteiger partial charge in [0.15, 0.2) is 0 Å². The summed E-state index contributed by atoms with van der Waals surface area (Å²) in [6, 6.07) is 7.57. The van der Waals surface area contributed by atoms with Gasteiger partial charge in [-0.3, -0.25) is 4.79 Å². The van der Waals surface area contributed by atoms with Gasteiger partial charge in [0.2, 0.25) is 0 Å². The van der Waals surface area contributed by atoms with Crippen LogP contribution in [0.3, 0.4) is 0 Å². The van der Waals surface area contributed by atoms with E-state index < -0.39 is 0 Å². The van der Waals surface area contributed by atoms with Crippen LogP contribution < -0.4 is 10.2 Å². The maximum Gasteiger partial charge on any atom is 0.275 e. The summed E-state index contributed by atoms with van der Waals surface area (Å²) in [6.07, 6.45) is 5.56. The largest absolute Gasteiger partial charge is 0.496 e. The molecule has 1 aromatic heterocycles. The van der Waals surface area contributed by atoms with Crippen molar-refractivity contribution in [3.05, 3.63) is 52.3 Å². The highest BCUT2D eigenvalue weighted by Gasteiger charge is 2.11. The summed E-state index contributed by atoms with van der Waals surface area (Å²) in [7, 11) is 1.53. The molecular formula is C16H18BrN3O2. The van der Waals surface area contributed by atoms with Crippen molar-refractivity contribution in [3.63, 3.8) is 0 Å². The zero-order valence-corrected chi connectivity index (χ0v) is 14.3. The molecule has 1 heterocycles. The predicted octanol–water partition coefficient (Wildman–Crippen LogP) is 3.60. The SMILES string of the molecule is COc1ccc(Br)cc1C(=O)N/N=C\c1ccn(C(C)C)c1. The van der Waals surface area contributed by atoms with Gasteiger partial charge in [0.1, 0.15) is 5.75 Å². The van der Waals surface area contributed by atoms with Crippen molar-refractivity contribution in [2.24, 2.45) is 5.10 Å². The molecule has 1 amide bonds. The molecule has 0 radical (unpaired) electrons. The van der Waals surface area contributed by atoms with Crippen LogP contribution in [0.1, 0.15) is 35.8 Å². The normalized spacial score (nSPS) is 11.1. The first-order chi connectivity index (χ1) is 10.5. The summed E-state index contributed by atoms with van der Waals surface area (Å²) in [4.78, 5) is 12.1. The Hall–Kier alpha value is -2.08. The van der Waals surface area contributed by atoms with Crippen LogP contribution in [0.2, 0.25) is 0 Å². The number of benzene rings is 1. The van der Waals surface area contributed by atoms with E-state index in [0.717, 1.165) is 10.0 Å². The minimum Gasteiger partial charge on any atom is -0.496 e. The van der Waals surface area contributed by atoms with Crippen molar-refractivity contribution in [2.75, 3.05) is 7.11 Å². The number of methoxy groups -OCH3 is 1. The van der Waals surface area contributed by atoms with E-state index in [2.05, 4.69) is 44.9 Å². The molecule has 0 aliphatic carbocycles. The van der Waals surface area contributed by atoms with Crippen LogP contribution in [0.25, 0.3) is 0 Å². The number of nitrogens with one attached hydrogen (secondary N) is 1. The number of hydrogen-bond acceptors (Lipinski definition) is 3. The first kappa shape index (κ1) is 16.3. The fourth-order valence-corrected chi connectivity index (χ4v) is 2.27. The molecule has 0 saturated heterocycles. The van der Waals surface area contributed by atoms with Gasteiger partial charge in [-0.05, 0) is 38.1 Å². The molecule has 22 heavy (non-hydrogen) atoms. The number of amides is 1. The average Bonchev–Trinajstić information content (AvgIpc) is 2.96. The summed E-state index contributed by atoms with van der Waals surface area (Å²) >= 11 is 3.34. The van der Waals surface area contributed by atoms with Crippen LogP contribution in [-0.2, 0) is 0 Å². The molecule has 0 saturated carbocycles. The van der Waals surface area contributed by atoms with Gasteiger partial charge in [0.05, 0.1) is 18.9 Å². The first-order valence-electron chi connectivity index (χ1n) is 6.85. The number of halogens is 1. The van der Waals surface area contributed by atoms with Crippen LogP contribution >= 0.6 is 15.9 Å². The Kier molecular flexibility index (Phi) is 5.38. The molecule has 5 nitrogen and oxygen atoms in total. The highest BCUT2D eigenvalue weighted by molar-refractivity contribution is 9.10. The number of aromatic nitrogens is 1. The highest BCUT2D eigenvalue weighted by Crippen LogP contribution is 2.22. The first-order valence-corrected chi connectivity index (χ1v) is 7.65. The van der Waals surface area contributed by atoms with Crippen LogP contribution in [0.5, 0.6) is 5.75 Å². The highest BCUT2D eigenvalue weighted by atomic mass is 79.9. The lowest BCUT2D eigenvalue weighted by atomic mass is 10.2. The minimum atomic E-state index is -0.322. The van der Waals surface area contributed by atoms with Gasteiger partial charge in [-0.15, -0.1) is 0 Å². The Morgan fingerprint density at radius 1 is 1.41 bits per heavy atom. The molecular weight excluding hydrogens is 346 g/mol. The third kappa shape index (κ3) is 3.98. The maximum absolute atomic E-state index is 12.1. The molecule has 0 bridgehead atoms. The Bertz CT molecular complexity index is 692. The zero-order valence-electron chi connectivity index (χ0n) is 12.7. The van der Waals surface area contributed by atoms with Crippen LogP contribution in [-0.4, -0.2) is 23.8 Å². The lowest BCUT2D eigenvalue weighted by Gasteiger charge is -2.07. The second-order valence-corrected chi connectivity index (χ2v) is 5.95. The molecule has 116 valence electrons. The number of nitrogens with zero attached hydrogens (tertiary/aromatic N) is 2. The van der Waals surface area contributed by atoms with Crippen molar-refractivity contribution < 1.29 is 9.53 Å². The summed E-state index contributed by atoms with van der Waals surface area (Å²) in [5.74, 6) is 0.180. The van der Waals surface area contributed by atoms with E-state index in [1.54, 1.807) is 18.3 Å². The molecule has 1 aromatic carbocycles. The molecule has 0 fully saturated rings. The van der Waals surface area contributed by atoms with Crippen molar-refractivity contribution in [1.29, 1.82) is 0 Å². The second-order valence-electron chi connectivity index (χ2n) is 5.03. The van der Waals surface area contributed by atoms with Crippen molar-refractivity contribution in [1.82, 2.24) is 9.99 Å². The Labute approximate surface area is 138 Å². The number of hydrazone groups is 1. The third-order valence-corrected chi connectivity index (χ3v) is 3.61. The Balaban J connectivity index is 2.06. The molecule has 2 rings (SSSR count). The average molecular weight is 364 g/mol. The molecule has 6 heteroatoms. The molecule has 0 spiro atoms. The fraction of sp³-hybridized carbons (Fsp3) is 0.250. The quantitative estimate of drug-likeness (QED) is 0.651. The minimum absolute atomic E-state index is 0.322. The van der Waals surface area contributed by atoms with E-state index in [0.29, 0.717) is 17.4 Å². The van der Waals surface area contributed by atoms with E-state index in [9.17, 15) is 4.79 Å². The maximum atomic E-state index is 12.1. The molecule has 0 aliphatic rings. The van der Waals surface area contributed by atoms with E-state index in [1.165, 1.54) is 7.11 Å². The molecule has 0 aliphatic heterocycles. The monoisotopic (exact) mass is 363 g/mol. The van der Waals surface area contributed by atoms with Crippen molar-refractivity contribution in [2.45, 2.75) is 19.9 Å². The number of rotatable bonds is 5. The van der Waals surface area contributed by atoms with E-state index in [1.807, 2.05) is 24.5 Å². The van der Waals surface area contributed by atoms with Gasteiger partial charge < -0.3 is 9.30 Å². The number of ether oxygens (including phenoxy) is 1.